The van der Waals surface area contributed by atoms with E-state index in [1.54, 1.807) is 12.1 Å². The van der Waals surface area contributed by atoms with Crippen LogP contribution in [0.3, 0.4) is 0 Å². The third kappa shape index (κ3) is 1.15. The Balaban J connectivity index is 2.28. The maximum Gasteiger partial charge on any atom is 0.265 e. The summed E-state index contributed by atoms with van der Waals surface area (Å²) in [4.78, 5) is 14.0. The number of aromatic nitrogens is 1. The third-order valence-corrected chi connectivity index (χ3v) is 2.42. The highest BCUT2D eigenvalue weighted by atomic mass is 16.5. The molecule has 1 amide bonds. The first-order valence-corrected chi connectivity index (χ1v) is 4.69. The Morgan fingerprint density at radius 3 is 2.88 bits per heavy atom. The van der Waals surface area contributed by atoms with Crippen LogP contribution < -0.4 is 15.2 Å². The highest BCUT2D eigenvalue weighted by Crippen LogP contribution is 2.37. The van der Waals surface area contributed by atoms with Gasteiger partial charge in [0.25, 0.3) is 5.91 Å². The van der Waals surface area contributed by atoms with E-state index in [9.17, 15) is 4.79 Å². The normalized spacial score (nSPS) is 13.0. The summed E-state index contributed by atoms with van der Waals surface area (Å²) in [7, 11) is 0. The van der Waals surface area contributed by atoms with Crippen molar-refractivity contribution in [2.75, 3.05) is 0 Å². The second-order valence-corrected chi connectivity index (χ2v) is 3.41. The van der Waals surface area contributed by atoms with Crippen LogP contribution in [-0.2, 0) is 0 Å². The first-order chi connectivity index (χ1) is 7.75. The summed E-state index contributed by atoms with van der Waals surface area (Å²) < 4.78 is 10.6. The van der Waals surface area contributed by atoms with Crippen molar-refractivity contribution < 1.29 is 14.3 Å². The molecule has 0 saturated carbocycles. The molecule has 1 aromatic carbocycles. The van der Waals surface area contributed by atoms with Gasteiger partial charge in [0.2, 0.25) is 0 Å². The summed E-state index contributed by atoms with van der Waals surface area (Å²) in [6.45, 7) is 0. The number of H-pyrrole nitrogens is 1. The second kappa shape index (κ2) is 3.03. The lowest BCUT2D eigenvalue weighted by Crippen LogP contribution is -2.10. The molecule has 1 aliphatic rings. The Morgan fingerprint density at radius 2 is 2.06 bits per heavy atom. The summed E-state index contributed by atoms with van der Waals surface area (Å²) in [5.41, 5.74) is 6.33. The molecule has 1 aliphatic heterocycles. The summed E-state index contributed by atoms with van der Waals surface area (Å²) in [5, 5.41) is 0.774. The minimum Gasteiger partial charge on any atom is -0.458 e. The van der Waals surface area contributed by atoms with Crippen molar-refractivity contribution in [1.82, 2.24) is 4.98 Å². The zero-order valence-corrected chi connectivity index (χ0v) is 8.19. The zero-order valence-electron chi connectivity index (χ0n) is 8.19. The maximum atomic E-state index is 11.0. The van der Waals surface area contributed by atoms with Crippen LogP contribution in [0.15, 0.2) is 30.7 Å². The van der Waals surface area contributed by atoms with Crippen molar-refractivity contribution >= 4 is 16.8 Å². The van der Waals surface area contributed by atoms with Gasteiger partial charge in [-0.3, -0.25) is 4.79 Å². The van der Waals surface area contributed by atoms with Crippen LogP contribution in [0.5, 0.6) is 11.5 Å². The van der Waals surface area contributed by atoms with Crippen molar-refractivity contribution in [1.29, 1.82) is 0 Å². The number of fused-ring (bicyclic) bond motifs is 3. The molecular weight excluding hydrogens is 208 g/mol. The molecule has 3 rings (SSSR count). The van der Waals surface area contributed by atoms with Crippen LogP contribution in [0.25, 0.3) is 10.9 Å². The van der Waals surface area contributed by atoms with Gasteiger partial charge in [-0.25, -0.2) is 0 Å². The Morgan fingerprint density at radius 1 is 1.25 bits per heavy atom. The number of carbonyl (C=O) groups excluding carboxylic acids is 1. The van der Waals surface area contributed by atoms with Crippen molar-refractivity contribution in [2.45, 2.75) is 0 Å². The van der Waals surface area contributed by atoms with E-state index in [1.165, 1.54) is 12.5 Å². The fourth-order valence-corrected chi connectivity index (χ4v) is 1.70. The molecule has 0 fully saturated rings. The smallest absolute Gasteiger partial charge is 0.265 e. The molecule has 0 saturated heterocycles. The summed E-state index contributed by atoms with van der Waals surface area (Å²) >= 11 is 0. The fourth-order valence-electron chi connectivity index (χ4n) is 1.70. The largest absolute Gasteiger partial charge is 0.458 e. The number of primary amides is 1. The first-order valence-electron chi connectivity index (χ1n) is 4.69. The van der Waals surface area contributed by atoms with Crippen LogP contribution >= 0.6 is 0 Å². The summed E-state index contributed by atoms with van der Waals surface area (Å²) in [5.74, 6) is 0.700. The molecule has 0 unspecified atom stereocenters. The Labute approximate surface area is 90.5 Å². The molecule has 16 heavy (non-hydrogen) atoms. The first kappa shape index (κ1) is 8.84. The van der Waals surface area contributed by atoms with Gasteiger partial charge >= 0.3 is 0 Å². The molecule has 2 heterocycles. The topological polar surface area (TPSA) is 77.3 Å². The van der Waals surface area contributed by atoms with Gasteiger partial charge in [0.15, 0.2) is 11.5 Å². The third-order valence-electron chi connectivity index (χ3n) is 2.42. The average Bonchev–Trinajstić information content (AvgIpc) is 2.73. The number of nitrogens with two attached hydrogens (primary N) is 1. The van der Waals surface area contributed by atoms with Gasteiger partial charge in [-0.1, -0.05) is 0 Å². The molecule has 80 valence electrons. The lowest BCUT2D eigenvalue weighted by Gasteiger charge is -2.12. The number of hydrogen-bond donors (Lipinski definition) is 2. The minimum atomic E-state index is -0.503. The molecule has 0 radical (unpaired) electrons. The molecule has 0 spiro atoms. The predicted molar refractivity (Wildman–Crippen MR) is 57.2 cm³/mol. The fraction of sp³-hybridized carbons (Fsp3) is 0. The van der Waals surface area contributed by atoms with E-state index in [0.717, 1.165) is 10.9 Å². The second-order valence-electron chi connectivity index (χ2n) is 3.41. The molecule has 2 aromatic rings. The van der Waals surface area contributed by atoms with E-state index >= 15 is 0 Å². The SMILES string of the molecule is NC(=O)c1cc2c3c(ccc2[nH]1)OC=CO3. The number of rotatable bonds is 1. The standard InChI is InChI=1S/C11H8N2O3/c12-11(14)8-5-6-7(13-8)1-2-9-10(6)16-4-3-15-9/h1-5,13H,(H2,12,14). The van der Waals surface area contributed by atoms with Crippen LogP contribution in [0, 0.1) is 0 Å². The molecule has 3 N–H and O–H groups in total. The van der Waals surface area contributed by atoms with Crippen LogP contribution in [-0.4, -0.2) is 10.9 Å². The molecule has 5 nitrogen and oxygen atoms in total. The number of amides is 1. The summed E-state index contributed by atoms with van der Waals surface area (Å²) in [6.07, 6.45) is 2.90. The molecule has 5 heteroatoms. The lowest BCUT2D eigenvalue weighted by molar-refractivity contribution is 0.0996. The van der Waals surface area contributed by atoms with Gasteiger partial charge in [-0.05, 0) is 18.2 Å². The van der Waals surface area contributed by atoms with Crippen molar-refractivity contribution in [3.05, 3.63) is 36.4 Å². The van der Waals surface area contributed by atoms with E-state index in [2.05, 4.69) is 4.98 Å². The highest BCUT2D eigenvalue weighted by Gasteiger charge is 2.15. The van der Waals surface area contributed by atoms with Crippen LogP contribution in [0.1, 0.15) is 10.5 Å². The number of hydrogen-bond acceptors (Lipinski definition) is 3. The number of ether oxygens (including phenoxy) is 2. The maximum absolute atomic E-state index is 11.0. The Kier molecular flexibility index (Phi) is 1.67. The predicted octanol–water partition coefficient (Wildman–Crippen LogP) is 1.51. The van der Waals surface area contributed by atoms with Crippen LogP contribution in [0.2, 0.25) is 0 Å². The molecule has 1 aromatic heterocycles. The van der Waals surface area contributed by atoms with E-state index in [0.29, 0.717) is 17.2 Å². The average molecular weight is 216 g/mol. The minimum absolute atomic E-state index is 0.349. The number of aromatic amines is 1. The van der Waals surface area contributed by atoms with Gasteiger partial charge in [-0.2, -0.15) is 0 Å². The van der Waals surface area contributed by atoms with Gasteiger partial charge in [-0.15, -0.1) is 0 Å². The van der Waals surface area contributed by atoms with Crippen molar-refractivity contribution in [3.8, 4) is 11.5 Å². The number of benzene rings is 1. The molecule has 0 aliphatic carbocycles. The van der Waals surface area contributed by atoms with E-state index in [1.807, 2.05) is 6.07 Å². The Bertz CT molecular complexity index is 613. The number of nitrogens with one attached hydrogen (secondary N) is 1. The number of carbonyl (C=O) groups is 1. The van der Waals surface area contributed by atoms with Gasteiger partial charge < -0.3 is 20.2 Å². The Hall–Kier alpha value is -2.43. The molecular formula is C11H8N2O3. The van der Waals surface area contributed by atoms with E-state index < -0.39 is 5.91 Å². The zero-order chi connectivity index (χ0) is 11.1. The highest BCUT2D eigenvalue weighted by molar-refractivity contribution is 5.99. The lowest BCUT2D eigenvalue weighted by atomic mass is 10.2. The monoisotopic (exact) mass is 216 g/mol. The van der Waals surface area contributed by atoms with Gasteiger partial charge in [0.05, 0.1) is 5.52 Å². The molecule has 0 bridgehead atoms. The van der Waals surface area contributed by atoms with Crippen molar-refractivity contribution in [3.63, 3.8) is 0 Å². The van der Waals surface area contributed by atoms with E-state index in [-0.39, 0.29) is 0 Å². The van der Waals surface area contributed by atoms with Gasteiger partial charge in [0.1, 0.15) is 18.2 Å². The summed E-state index contributed by atoms with van der Waals surface area (Å²) in [6, 6.07) is 5.23. The quantitative estimate of drug-likeness (QED) is 0.758. The van der Waals surface area contributed by atoms with Crippen LogP contribution in [0.4, 0.5) is 0 Å². The molecule has 0 atom stereocenters. The van der Waals surface area contributed by atoms with Crippen molar-refractivity contribution in [2.24, 2.45) is 5.73 Å². The van der Waals surface area contributed by atoms with E-state index in [4.69, 9.17) is 15.2 Å². The van der Waals surface area contributed by atoms with Gasteiger partial charge in [0, 0.05) is 5.39 Å².